The molecule has 2 aromatic carbocycles. The van der Waals surface area contributed by atoms with Gasteiger partial charge < -0.3 is 4.90 Å². The highest BCUT2D eigenvalue weighted by Crippen LogP contribution is 2.16. The largest absolute Gasteiger partial charge is 0.311 e. The number of nitrogens with zero attached hydrogens (tertiary/aromatic N) is 1. The molecule has 0 saturated heterocycles. The molecule has 2 aromatic rings. The molecule has 0 fully saturated rings. The third-order valence-electron chi connectivity index (χ3n) is 2.75. The zero-order valence-corrected chi connectivity index (χ0v) is 10.1. The Morgan fingerprint density at radius 1 is 0.947 bits per heavy atom. The molecule has 0 aliphatic carbocycles. The van der Waals surface area contributed by atoms with Crippen molar-refractivity contribution >= 4 is 18.4 Å². The lowest BCUT2D eigenvalue weighted by Crippen LogP contribution is -2.20. The first-order valence-electron chi connectivity index (χ1n) is 5.74. The van der Waals surface area contributed by atoms with Gasteiger partial charge >= 0.3 is 0 Å². The Morgan fingerprint density at radius 3 is 2.11 bits per heavy atom. The minimum absolute atomic E-state index is 0.309. The smallest absolute Gasteiger partial charge is 0.214 e. The van der Waals surface area contributed by atoms with Gasteiger partial charge in [0.1, 0.15) is 12.1 Å². The molecular formula is C15H12FNO2. The molecule has 2 rings (SSSR count). The van der Waals surface area contributed by atoms with E-state index in [1.807, 2.05) is 0 Å². The van der Waals surface area contributed by atoms with E-state index in [4.69, 9.17) is 0 Å². The Labute approximate surface area is 110 Å². The summed E-state index contributed by atoms with van der Waals surface area (Å²) >= 11 is 0. The highest BCUT2D eigenvalue weighted by Gasteiger charge is 2.06. The second-order valence-corrected chi connectivity index (χ2v) is 4.07. The number of carbonyl (C=O) groups is 2. The molecule has 0 spiro atoms. The lowest BCUT2D eigenvalue weighted by molar-refractivity contribution is -0.107. The highest BCUT2D eigenvalue weighted by molar-refractivity contribution is 5.79. The highest BCUT2D eigenvalue weighted by atomic mass is 19.1. The third-order valence-corrected chi connectivity index (χ3v) is 2.75. The van der Waals surface area contributed by atoms with Gasteiger partial charge in [-0.2, -0.15) is 0 Å². The topological polar surface area (TPSA) is 37.4 Å². The van der Waals surface area contributed by atoms with E-state index in [1.165, 1.54) is 17.0 Å². The van der Waals surface area contributed by atoms with Gasteiger partial charge in [0.15, 0.2) is 0 Å². The predicted octanol–water partition coefficient (Wildman–Crippen LogP) is 2.80. The first-order valence-corrected chi connectivity index (χ1v) is 5.74. The zero-order valence-electron chi connectivity index (χ0n) is 10.1. The molecule has 1 amide bonds. The lowest BCUT2D eigenvalue weighted by atomic mass is 10.2. The summed E-state index contributed by atoms with van der Waals surface area (Å²) in [4.78, 5) is 23.2. The molecule has 19 heavy (non-hydrogen) atoms. The maximum absolute atomic E-state index is 12.8. The predicted molar refractivity (Wildman–Crippen MR) is 70.5 cm³/mol. The van der Waals surface area contributed by atoms with Gasteiger partial charge in [0.25, 0.3) is 0 Å². The molecular weight excluding hydrogens is 245 g/mol. The second kappa shape index (κ2) is 5.91. The summed E-state index contributed by atoms with van der Waals surface area (Å²) in [6.45, 7) is 0.351. The van der Waals surface area contributed by atoms with Crippen molar-refractivity contribution in [2.75, 3.05) is 4.90 Å². The number of hydrogen-bond donors (Lipinski definition) is 0. The maximum Gasteiger partial charge on any atom is 0.214 e. The fourth-order valence-electron chi connectivity index (χ4n) is 1.72. The lowest BCUT2D eigenvalue weighted by Gasteiger charge is -2.17. The molecule has 0 atom stereocenters. The molecule has 0 heterocycles. The van der Waals surface area contributed by atoms with Gasteiger partial charge in [-0.25, -0.2) is 4.39 Å². The van der Waals surface area contributed by atoms with E-state index in [2.05, 4.69) is 0 Å². The van der Waals surface area contributed by atoms with Gasteiger partial charge in [-0.1, -0.05) is 12.1 Å². The van der Waals surface area contributed by atoms with Crippen molar-refractivity contribution < 1.29 is 14.0 Å². The molecule has 96 valence electrons. The Morgan fingerprint density at radius 2 is 1.58 bits per heavy atom. The van der Waals surface area contributed by atoms with E-state index in [1.54, 1.807) is 36.4 Å². The van der Waals surface area contributed by atoms with Crippen LogP contribution in [0.2, 0.25) is 0 Å². The quantitative estimate of drug-likeness (QED) is 0.772. The number of anilines is 1. The van der Waals surface area contributed by atoms with Crippen LogP contribution in [0.4, 0.5) is 10.1 Å². The number of hydrogen-bond acceptors (Lipinski definition) is 2. The van der Waals surface area contributed by atoms with Crippen LogP contribution in [0.1, 0.15) is 15.9 Å². The number of benzene rings is 2. The van der Waals surface area contributed by atoms with Crippen molar-refractivity contribution in [2.24, 2.45) is 0 Å². The Kier molecular flexibility index (Phi) is 4.03. The second-order valence-electron chi connectivity index (χ2n) is 4.07. The molecule has 0 aliphatic heterocycles. The average Bonchev–Trinajstić information content (AvgIpc) is 2.47. The summed E-state index contributed by atoms with van der Waals surface area (Å²) in [5.41, 5.74) is 2.06. The minimum atomic E-state index is -0.309. The molecule has 0 saturated carbocycles. The molecule has 0 radical (unpaired) electrons. The van der Waals surface area contributed by atoms with Crippen LogP contribution < -0.4 is 4.90 Å². The minimum Gasteiger partial charge on any atom is -0.311 e. The van der Waals surface area contributed by atoms with Gasteiger partial charge in [0, 0.05) is 11.3 Å². The van der Waals surface area contributed by atoms with Crippen molar-refractivity contribution in [3.05, 3.63) is 65.5 Å². The fourth-order valence-corrected chi connectivity index (χ4v) is 1.72. The summed E-state index contributed by atoms with van der Waals surface area (Å²) in [6, 6.07) is 12.6. The molecule has 0 bridgehead atoms. The number of carbonyl (C=O) groups excluding carboxylic acids is 2. The number of rotatable bonds is 5. The Hall–Kier alpha value is -2.49. The van der Waals surface area contributed by atoms with Gasteiger partial charge in [-0.05, 0) is 42.0 Å². The van der Waals surface area contributed by atoms with Gasteiger partial charge in [-0.3, -0.25) is 9.59 Å². The first kappa shape index (κ1) is 13.0. The summed E-state index contributed by atoms with van der Waals surface area (Å²) in [5.74, 6) is -0.309. The number of halogens is 1. The van der Waals surface area contributed by atoms with E-state index in [0.717, 1.165) is 11.8 Å². The normalized spacial score (nSPS) is 9.95. The van der Waals surface area contributed by atoms with Crippen LogP contribution in [0.5, 0.6) is 0 Å². The van der Waals surface area contributed by atoms with E-state index in [0.29, 0.717) is 24.2 Å². The van der Waals surface area contributed by atoms with Gasteiger partial charge in [0.2, 0.25) is 6.41 Å². The molecule has 0 N–H and O–H groups in total. The summed E-state index contributed by atoms with van der Waals surface area (Å²) in [7, 11) is 0. The van der Waals surface area contributed by atoms with Crippen LogP contribution in [-0.4, -0.2) is 12.7 Å². The van der Waals surface area contributed by atoms with E-state index in [9.17, 15) is 14.0 Å². The summed E-state index contributed by atoms with van der Waals surface area (Å²) in [6.07, 6.45) is 1.45. The van der Waals surface area contributed by atoms with E-state index in [-0.39, 0.29) is 5.82 Å². The molecule has 4 heteroatoms. The van der Waals surface area contributed by atoms with Crippen LogP contribution in [0.3, 0.4) is 0 Å². The molecule has 0 aliphatic rings. The summed E-state index contributed by atoms with van der Waals surface area (Å²) in [5, 5.41) is 0. The molecule has 0 aromatic heterocycles. The average molecular weight is 257 g/mol. The van der Waals surface area contributed by atoms with E-state index >= 15 is 0 Å². The van der Waals surface area contributed by atoms with Crippen molar-refractivity contribution in [3.63, 3.8) is 0 Å². The Bertz CT molecular complexity index is 564. The summed E-state index contributed by atoms with van der Waals surface area (Å²) < 4.78 is 12.8. The van der Waals surface area contributed by atoms with Crippen LogP contribution in [0.15, 0.2) is 48.5 Å². The SMILES string of the molecule is O=Cc1ccc(N(C=O)Cc2ccc(F)cc2)cc1. The maximum atomic E-state index is 12.8. The van der Waals surface area contributed by atoms with E-state index < -0.39 is 0 Å². The molecule has 3 nitrogen and oxygen atoms in total. The molecule has 0 unspecified atom stereocenters. The van der Waals surface area contributed by atoms with Crippen molar-refractivity contribution in [1.29, 1.82) is 0 Å². The third kappa shape index (κ3) is 3.25. The van der Waals surface area contributed by atoms with Gasteiger partial charge in [-0.15, -0.1) is 0 Å². The fraction of sp³-hybridized carbons (Fsp3) is 0.0667. The standard InChI is InChI=1S/C15H12FNO2/c16-14-5-1-12(2-6-14)9-17(11-19)15-7-3-13(10-18)4-8-15/h1-8,10-11H,9H2. The Balaban J connectivity index is 2.17. The van der Waals surface area contributed by atoms with Crippen LogP contribution in [0.25, 0.3) is 0 Å². The van der Waals surface area contributed by atoms with Gasteiger partial charge in [0.05, 0.1) is 6.54 Å². The van der Waals surface area contributed by atoms with Crippen molar-refractivity contribution in [3.8, 4) is 0 Å². The van der Waals surface area contributed by atoms with Crippen LogP contribution in [-0.2, 0) is 11.3 Å². The zero-order chi connectivity index (χ0) is 13.7. The van der Waals surface area contributed by atoms with Crippen molar-refractivity contribution in [1.82, 2.24) is 0 Å². The van der Waals surface area contributed by atoms with Crippen LogP contribution >= 0.6 is 0 Å². The van der Waals surface area contributed by atoms with Crippen molar-refractivity contribution in [2.45, 2.75) is 6.54 Å². The monoisotopic (exact) mass is 257 g/mol. The van der Waals surface area contributed by atoms with Crippen LogP contribution in [0, 0.1) is 5.82 Å². The first-order chi connectivity index (χ1) is 9.22. The number of amides is 1. The number of aldehydes is 1.